The van der Waals surface area contributed by atoms with Gasteiger partial charge in [0.1, 0.15) is 12.4 Å². The molecule has 1 unspecified atom stereocenters. The van der Waals surface area contributed by atoms with Crippen LogP contribution < -0.4 is 16.8 Å². The van der Waals surface area contributed by atoms with E-state index in [0.717, 1.165) is 12.8 Å². The molecule has 1 aliphatic rings. The highest BCUT2D eigenvalue weighted by molar-refractivity contribution is 5.76. The molecule has 3 rings (SSSR count). The first kappa shape index (κ1) is 17.8. The lowest BCUT2D eigenvalue weighted by molar-refractivity contribution is -0.133. The Hall–Kier alpha value is -2.97. The van der Waals surface area contributed by atoms with Crippen molar-refractivity contribution >= 4 is 5.91 Å². The Morgan fingerprint density at radius 1 is 1.27 bits per heavy atom. The number of aromatic amines is 2. The summed E-state index contributed by atoms with van der Waals surface area (Å²) in [5.41, 5.74) is -0.203. The van der Waals surface area contributed by atoms with E-state index in [-0.39, 0.29) is 23.9 Å². The van der Waals surface area contributed by atoms with Gasteiger partial charge in [0.05, 0.1) is 5.69 Å². The molecule has 2 N–H and O–H groups in total. The molecule has 138 valence electrons. The minimum absolute atomic E-state index is 0.0114. The first-order valence-electron chi connectivity index (χ1n) is 8.49. The molecule has 2 aromatic heterocycles. The van der Waals surface area contributed by atoms with E-state index in [1.165, 1.54) is 16.8 Å². The number of hydrogen-bond donors (Lipinski definition) is 2. The SMILES string of the molecule is Cc1nc(C2CCCN(C(=O)Cn3cc(C)c(=O)[nH]c3=O)C2)cc(=O)[nH]1. The molecule has 1 aliphatic heterocycles. The molecule has 0 aromatic carbocycles. The molecule has 9 heteroatoms. The van der Waals surface area contributed by atoms with Crippen molar-refractivity contribution in [2.75, 3.05) is 13.1 Å². The zero-order valence-corrected chi connectivity index (χ0v) is 14.7. The fourth-order valence-corrected chi connectivity index (χ4v) is 3.24. The number of carbonyl (C=O) groups excluding carboxylic acids is 1. The Labute approximate surface area is 148 Å². The zero-order chi connectivity index (χ0) is 18.8. The standard InChI is InChI=1S/C17H21N5O4/c1-10-7-22(17(26)20-16(10)25)9-15(24)21-5-3-4-12(8-21)13-6-14(23)19-11(2)18-13/h6-7,12H,3-5,8-9H2,1-2H3,(H,18,19,23)(H,20,25,26). The van der Waals surface area contributed by atoms with Crippen LogP contribution in [0.15, 0.2) is 26.6 Å². The summed E-state index contributed by atoms with van der Waals surface area (Å²) in [6.45, 7) is 4.21. The number of likely N-dealkylation sites (tertiary alicyclic amines) is 1. The maximum absolute atomic E-state index is 12.6. The van der Waals surface area contributed by atoms with Crippen LogP contribution in [0.4, 0.5) is 0 Å². The van der Waals surface area contributed by atoms with Crippen molar-refractivity contribution < 1.29 is 4.79 Å². The molecule has 26 heavy (non-hydrogen) atoms. The van der Waals surface area contributed by atoms with Crippen LogP contribution in [-0.2, 0) is 11.3 Å². The summed E-state index contributed by atoms with van der Waals surface area (Å²) >= 11 is 0. The monoisotopic (exact) mass is 359 g/mol. The number of nitrogens with one attached hydrogen (secondary N) is 2. The molecule has 1 amide bonds. The molecule has 1 saturated heterocycles. The lowest BCUT2D eigenvalue weighted by Crippen LogP contribution is -2.43. The van der Waals surface area contributed by atoms with E-state index in [0.29, 0.717) is 30.2 Å². The van der Waals surface area contributed by atoms with Gasteiger partial charge in [-0.25, -0.2) is 9.78 Å². The number of carbonyl (C=O) groups is 1. The molecular weight excluding hydrogens is 338 g/mol. The third kappa shape index (κ3) is 3.81. The molecule has 0 saturated carbocycles. The van der Waals surface area contributed by atoms with Crippen molar-refractivity contribution in [1.29, 1.82) is 0 Å². The summed E-state index contributed by atoms with van der Waals surface area (Å²) in [5.74, 6) is 0.332. The maximum Gasteiger partial charge on any atom is 0.328 e. The Balaban J connectivity index is 1.76. The first-order chi connectivity index (χ1) is 12.3. The summed E-state index contributed by atoms with van der Waals surface area (Å²) in [4.78, 5) is 58.4. The van der Waals surface area contributed by atoms with Crippen molar-refractivity contribution in [2.45, 2.75) is 39.2 Å². The zero-order valence-electron chi connectivity index (χ0n) is 14.7. The highest BCUT2D eigenvalue weighted by Crippen LogP contribution is 2.25. The first-order valence-corrected chi connectivity index (χ1v) is 8.49. The lowest BCUT2D eigenvalue weighted by atomic mass is 9.94. The van der Waals surface area contributed by atoms with Gasteiger partial charge in [-0.15, -0.1) is 0 Å². The molecule has 1 atom stereocenters. The number of rotatable bonds is 3. The van der Waals surface area contributed by atoms with Gasteiger partial charge < -0.3 is 9.88 Å². The normalized spacial score (nSPS) is 17.3. The molecule has 2 aromatic rings. The largest absolute Gasteiger partial charge is 0.340 e. The smallest absolute Gasteiger partial charge is 0.328 e. The van der Waals surface area contributed by atoms with E-state index in [9.17, 15) is 19.2 Å². The second-order valence-electron chi connectivity index (χ2n) is 6.63. The van der Waals surface area contributed by atoms with E-state index < -0.39 is 11.2 Å². The summed E-state index contributed by atoms with van der Waals surface area (Å²) < 4.78 is 1.21. The van der Waals surface area contributed by atoms with Gasteiger partial charge in [-0.2, -0.15) is 0 Å². The number of H-pyrrole nitrogens is 2. The second-order valence-corrected chi connectivity index (χ2v) is 6.63. The number of hydrogen-bond acceptors (Lipinski definition) is 5. The number of nitrogens with zero attached hydrogens (tertiary/aromatic N) is 3. The van der Waals surface area contributed by atoms with Gasteiger partial charge in [0.15, 0.2) is 0 Å². The molecule has 1 fully saturated rings. The van der Waals surface area contributed by atoms with E-state index >= 15 is 0 Å². The highest BCUT2D eigenvalue weighted by Gasteiger charge is 2.26. The minimum Gasteiger partial charge on any atom is -0.340 e. The Morgan fingerprint density at radius 3 is 2.77 bits per heavy atom. The molecule has 0 spiro atoms. The van der Waals surface area contributed by atoms with Crippen molar-refractivity contribution in [3.63, 3.8) is 0 Å². The van der Waals surface area contributed by atoms with Crippen LogP contribution in [-0.4, -0.2) is 43.4 Å². The van der Waals surface area contributed by atoms with Gasteiger partial charge in [0.25, 0.3) is 11.1 Å². The van der Waals surface area contributed by atoms with Crippen LogP contribution in [0.2, 0.25) is 0 Å². The highest BCUT2D eigenvalue weighted by atomic mass is 16.2. The summed E-state index contributed by atoms with van der Waals surface area (Å²) in [6.07, 6.45) is 3.03. The Bertz CT molecular complexity index is 1000. The van der Waals surface area contributed by atoms with Crippen LogP contribution in [0.5, 0.6) is 0 Å². The van der Waals surface area contributed by atoms with Crippen LogP contribution in [0.3, 0.4) is 0 Å². The van der Waals surface area contributed by atoms with Gasteiger partial charge in [-0.1, -0.05) is 0 Å². The molecule has 0 radical (unpaired) electrons. The molecule has 9 nitrogen and oxygen atoms in total. The number of aryl methyl sites for hydroxylation is 2. The number of piperidine rings is 1. The van der Waals surface area contributed by atoms with Gasteiger partial charge >= 0.3 is 5.69 Å². The maximum atomic E-state index is 12.6. The predicted octanol–water partition coefficient (Wildman–Crippen LogP) is -0.357. The third-order valence-corrected chi connectivity index (χ3v) is 4.57. The van der Waals surface area contributed by atoms with E-state index in [1.54, 1.807) is 18.7 Å². The van der Waals surface area contributed by atoms with Crippen LogP contribution >= 0.6 is 0 Å². The molecule has 0 aliphatic carbocycles. The second kappa shape index (κ2) is 7.11. The van der Waals surface area contributed by atoms with E-state index in [2.05, 4.69) is 15.0 Å². The van der Waals surface area contributed by atoms with Crippen LogP contribution in [0, 0.1) is 13.8 Å². The minimum atomic E-state index is -0.602. The predicted molar refractivity (Wildman–Crippen MR) is 94.2 cm³/mol. The van der Waals surface area contributed by atoms with Crippen LogP contribution in [0.1, 0.15) is 35.8 Å². The third-order valence-electron chi connectivity index (χ3n) is 4.57. The quantitative estimate of drug-likeness (QED) is 0.775. The Morgan fingerprint density at radius 2 is 2.04 bits per heavy atom. The summed E-state index contributed by atoms with van der Waals surface area (Å²) in [7, 11) is 0. The molecule has 3 heterocycles. The summed E-state index contributed by atoms with van der Waals surface area (Å²) in [5, 5.41) is 0. The van der Waals surface area contributed by atoms with Crippen molar-refractivity contribution in [1.82, 2.24) is 24.4 Å². The molecular formula is C17H21N5O4. The average Bonchev–Trinajstić information content (AvgIpc) is 2.59. The topological polar surface area (TPSA) is 121 Å². The lowest BCUT2D eigenvalue weighted by Gasteiger charge is -2.32. The Kier molecular flexibility index (Phi) is 4.88. The van der Waals surface area contributed by atoms with E-state index in [4.69, 9.17) is 0 Å². The van der Waals surface area contributed by atoms with Crippen LogP contribution in [0.25, 0.3) is 0 Å². The van der Waals surface area contributed by atoms with Gasteiger partial charge in [-0.3, -0.25) is 23.9 Å². The molecule has 0 bridgehead atoms. The van der Waals surface area contributed by atoms with E-state index in [1.807, 2.05) is 0 Å². The average molecular weight is 359 g/mol. The fraction of sp³-hybridized carbons (Fsp3) is 0.471. The number of amides is 1. The van der Waals surface area contributed by atoms with Crippen molar-refractivity contribution in [3.8, 4) is 0 Å². The summed E-state index contributed by atoms with van der Waals surface area (Å²) in [6, 6.07) is 1.47. The fourth-order valence-electron chi connectivity index (χ4n) is 3.24. The van der Waals surface area contributed by atoms with Gasteiger partial charge in [0.2, 0.25) is 5.91 Å². The van der Waals surface area contributed by atoms with Crippen molar-refractivity contribution in [2.24, 2.45) is 0 Å². The van der Waals surface area contributed by atoms with Gasteiger partial charge in [-0.05, 0) is 26.7 Å². The van der Waals surface area contributed by atoms with Crippen molar-refractivity contribution in [3.05, 3.63) is 60.5 Å². The number of aromatic nitrogens is 4. The van der Waals surface area contributed by atoms with Gasteiger partial charge in [0, 0.05) is 36.8 Å².